The van der Waals surface area contributed by atoms with Crippen molar-refractivity contribution in [1.29, 1.82) is 0 Å². The van der Waals surface area contributed by atoms with Gasteiger partial charge in [0.15, 0.2) is 0 Å². The van der Waals surface area contributed by atoms with Gasteiger partial charge in [0.2, 0.25) is 0 Å². The lowest BCUT2D eigenvalue weighted by molar-refractivity contribution is 0.464. The van der Waals surface area contributed by atoms with Gasteiger partial charge < -0.3 is 5.11 Å². The first-order valence-corrected chi connectivity index (χ1v) is 9.58. The Bertz CT molecular complexity index is 890. The first-order valence-electron chi connectivity index (χ1n) is 6.58. The van der Waals surface area contributed by atoms with E-state index in [9.17, 15) is 17.7 Å². The highest BCUT2D eigenvalue weighted by Gasteiger charge is 2.32. The number of aromatic hydroxyl groups is 1. The van der Waals surface area contributed by atoms with Crippen LogP contribution in [0.3, 0.4) is 0 Å². The number of hydrogen-bond acceptors (Lipinski definition) is 4. The van der Waals surface area contributed by atoms with Gasteiger partial charge in [-0.25, -0.2) is 8.42 Å². The number of rotatable bonds is 1. The molecule has 1 heterocycles. The summed E-state index contributed by atoms with van der Waals surface area (Å²) in [7, 11) is -3.71. The summed E-state index contributed by atoms with van der Waals surface area (Å²) in [6.07, 6.45) is 1.75. The normalized spacial score (nSPS) is 17.3. The van der Waals surface area contributed by atoms with Gasteiger partial charge in [-0.2, -0.15) is 0 Å². The summed E-state index contributed by atoms with van der Waals surface area (Å²) in [6.45, 7) is 0. The molecule has 0 aliphatic carbocycles. The molecule has 0 radical (unpaired) electrons. The monoisotopic (exact) mass is 337 g/mol. The van der Waals surface area contributed by atoms with Crippen molar-refractivity contribution in [3.63, 3.8) is 0 Å². The minimum Gasteiger partial charge on any atom is -0.508 e. The molecule has 22 heavy (non-hydrogen) atoms. The molecule has 0 saturated heterocycles. The highest BCUT2D eigenvalue weighted by molar-refractivity contribution is 7.93. The maximum absolute atomic E-state index is 12.8. The number of sulfonamides is 1. The number of hydrogen-bond donors (Lipinski definition) is 1. The molecule has 2 aromatic carbocycles. The maximum Gasteiger partial charge on any atom is 0.264 e. The summed E-state index contributed by atoms with van der Waals surface area (Å²) in [5.74, 6) is -0.142. The molecule has 0 spiro atoms. The number of phenols is 1. The Morgan fingerprint density at radius 1 is 1.23 bits per heavy atom. The number of fused-ring (bicyclic) bond motifs is 2. The lowest BCUT2D eigenvalue weighted by atomic mass is 10.0. The first-order chi connectivity index (χ1) is 10.3. The molecular weight excluding hydrogens is 322 g/mol. The van der Waals surface area contributed by atoms with Gasteiger partial charge in [0.25, 0.3) is 10.0 Å². The van der Waals surface area contributed by atoms with E-state index in [1.807, 2.05) is 12.1 Å². The van der Waals surface area contributed by atoms with Gasteiger partial charge in [0.1, 0.15) is 5.75 Å². The first kappa shape index (κ1) is 15.1. The number of anilines is 1. The van der Waals surface area contributed by atoms with Gasteiger partial charge in [-0.15, -0.1) is 0 Å². The molecule has 1 atom stereocenters. The van der Waals surface area contributed by atoms with Crippen molar-refractivity contribution in [3.05, 3.63) is 47.5 Å². The molecule has 1 unspecified atom stereocenters. The second-order valence-electron chi connectivity index (χ2n) is 5.15. The minimum absolute atomic E-state index is 0.0106. The van der Waals surface area contributed by atoms with Crippen molar-refractivity contribution in [1.82, 2.24) is 0 Å². The summed E-state index contributed by atoms with van der Waals surface area (Å²) in [4.78, 5) is 0.301. The van der Waals surface area contributed by atoms with Gasteiger partial charge in [0, 0.05) is 41.0 Å². The zero-order valence-corrected chi connectivity index (χ0v) is 13.7. The summed E-state index contributed by atoms with van der Waals surface area (Å²) in [5.41, 5.74) is 1.73. The number of para-hydroxylation sites is 1. The molecule has 0 fully saturated rings. The minimum atomic E-state index is -3.81. The molecule has 116 valence electrons. The predicted molar refractivity (Wildman–Crippen MR) is 85.3 cm³/mol. The van der Waals surface area contributed by atoms with Crippen molar-refractivity contribution >= 4 is 26.5 Å². The molecule has 0 saturated carbocycles. The second kappa shape index (κ2) is 5.10. The third-order valence-electron chi connectivity index (χ3n) is 3.83. The van der Waals surface area contributed by atoms with E-state index in [4.69, 9.17) is 0 Å². The highest BCUT2D eigenvalue weighted by atomic mass is 32.2. The van der Waals surface area contributed by atoms with Crippen LogP contribution in [-0.4, -0.2) is 31.0 Å². The van der Waals surface area contributed by atoms with Crippen molar-refractivity contribution in [2.45, 2.75) is 16.2 Å². The van der Waals surface area contributed by atoms with Crippen molar-refractivity contribution in [2.75, 3.05) is 17.6 Å². The molecule has 0 amide bonds. The molecule has 1 aliphatic heterocycles. The van der Waals surface area contributed by atoms with E-state index >= 15 is 0 Å². The zero-order chi connectivity index (χ0) is 16.1. The molecule has 0 bridgehead atoms. The lowest BCUT2D eigenvalue weighted by Gasteiger charge is -2.19. The Morgan fingerprint density at radius 2 is 1.91 bits per heavy atom. The van der Waals surface area contributed by atoms with Gasteiger partial charge in [-0.1, -0.05) is 18.2 Å². The summed E-state index contributed by atoms with van der Waals surface area (Å²) < 4.78 is 38.5. The Morgan fingerprint density at radius 3 is 2.59 bits per heavy atom. The van der Waals surface area contributed by atoms with Crippen LogP contribution in [0.2, 0.25) is 0 Å². The number of benzene rings is 2. The average Bonchev–Trinajstić information content (AvgIpc) is 2.55. The number of nitrogens with zero attached hydrogens (tertiary/aromatic N) is 1. The van der Waals surface area contributed by atoms with E-state index in [-0.39, 0.29) is 10.6 Å². The Kier molecular flexibility index (Phi) is 3.49. The van der Waals surface area contributed by atoms with E-state index in [1.165, 1.54) is 29.7 Å². The van der Waals surface area contributed by atoms with Gasteiger partial charge >= 0.3 is 0 Å². The van der Waals surface area contributed by atoms with E-state index in [0.29, 0.717) is 22.6 Å². The highest BCUT2D eigenvalue weighted by Crippen LogP contribution is 2.38. The zero-order valence-electron chi connectivity index (χ0n) is 12.1. The molecule has 0 aromatic heterocycles. The van der Waals surface area contributed by atoms with Crippen molar-refractivity contribution in [2.24, 2.45) is 0 Å². The topological polar surface area (TPSA) is 74.7 Å². The van der Waals surface area contributed by atoms with Gasteiger partial charge in [0.05, 0.1) is 10.6 Å². The summed E-state index contributed by atoms with van der Waals surface area (Å²) >= 11 is 0. The van der Waals surface area contributed by atoms with Gasteiger partial charge in [-0.05, 0) is 23.8 Å². The summed E-state index contributed by atoms with van der Waals surface area (Å²) in [6, 6.07) is 9.93. The van der Waals surface area contributed by atoms with Crippen LogP contribution in [0.4, 0.5) is 5.69 Å². The van der Waals surface area contributed by atoms with Crippen LogP contribution in [-0.2, 0) is 27.2 Å². The lowest BCUT2D eigenvalue weighted by Crippen LogP contribution is -2.26. The van der Waals surface area contributed by atoms with E-state index in [1.54, 1.807) is 12.1 Å². The van der Waals surface area contributed by atoms with Crippen LogP contribution in [0.15, 0.2) is 46.2 Å². The van der Waals surface area contributed by atoms with Crippen LogP contribution in [0.5, 0.6) is 5.75 Å². The SMILES string of the molecule is CN1c2ccccc2Cc2c(O)cc(S(C)=O)cc2S1(=O)=O. The molecule has 7 heteroatoms. The quantitative estimate of drug-likeness (QED) is 0.862. The third-order valence-corrected chi connectivity index (χ3v) is 6.56. The van der Waals surface area contributed by atoms with Crippen LogP contribution in [0.1, 0.15) is 11.1 Å². The van der Waals surface area contributed by atoms with E-state index < -0.39 is 20.8 Å². The number of phenolic OH excluding ortho intramolecular Hbond substituents is 1. The van der Waals surface area contributed by atoms with Crippen LogP contribution >= 0.6 is 0 Å². The largest absolute Gasteiger partial charge is 0.508 e. The molecule has 1 N–H and O–H groups in total. The van der Waals surface area contributed by atoms with Crippen LogP contribution < -0.4 is 4.31 Å². The van der Waals surface area contributed by atoms with E-state index in [0.717, 1.165) is 5.56 Å². The average molecular weight is 337 g/mol. The Labute approximate surface area is 131 Å². The molecule has 1 aliphatic rings. The van der Waals surface area contributed by atoms with Crippen LogP contribution in [0.25, 0.3) is 0 Å². The van der Waals surface area contributed by atoms with Crippen LogP contribution in [0, 0.1) is 0 Å². The fourth-order valence-corrected chi connectivity index (χ4v) is 4.75. The Balaban J connectivity index is 2.36. The van der Waals surface area contributed by atoms with E-state index in [2.05, 4.69) is 0 Å². The van der Waals surface area contributed by atoms with Crippen molar-refractivity contribution < 1.29 is 17.7 Å². The second-order valence-corrected chi connectivity index (χ2v) is 8.47. The molecule has 5 nitrogen and oxygen atoms in total. The van der Waals surface area contributed by atoms with Gasteiger partial charge in [-0.3, -0.25) is 8.51 Å². The van der Waals surface area contributed by atoms with Crippen molar-refractivity contribution in [3.8, 4) is 5.75 Å². The predicted octanol–water partition coefficient (Wildman–Crippen LogP) is 1.86. The molecule has 3 rings (SSSR count). The fraction of sp³-hybridized carbons (Fsp3) is 0.200. The summed E-state index contributed by atoms with van der Waals surface area (Å²) in [5, 5.41) is 10.2. The Hall–Kier alpha value is -1.86. The standard InChI is InChI=1S/C15H15NO4S2/c1-16-13-6-4-3-5-10(13)7-12-14(17)8-11(21(2)18)9-15(12)22(16,19)20/h3-6,8-9,17H,7H2,1-2H3. The molecule has 2 aromatic rings. The maximum atomic E-state index is 12.8. The fourth-order valence-electron chi connectivity index (χ4n) is 2.61. The third kappa shape index (κ3) is 2.21. The smallest absolute Gasteiger partial charge is 0.264 e. The molecular formula is C15H15NO4S2.